The predicted octanol–water partition coefficient (Wildman–Crippen LogP) is 3.56. The first-order valence-corrected chi connectivity index (χ1v) is 11.9. The smallest absolute Gasteiger partial charge is 0.251 e. The first-order chi connectivity index (χ1) is 16.3. The molecule has 1 amide bonds. The molecular weight excluding hydrogens is 428 g/mol. The van der Waals surface area contributed by atoms with Gasteiger partial charge in [-0.15, -0.1) is 0 Å². The van der Waals surface area contributed by atoms with Crippen LogP contribution in [-0.2, 0) is 11.3 Å². The number of aromatic nitrogens is 2. The van der Waals surface area contributed by atoms with Gasteiger partial charge in [0.1, 0.15) is 11.9 Å². The van der Waals surface area contributed by atoms with Gasteiger partial charge in [-0.05, 0) is 48.9 Å². The van der Waals surface area contributed by atoms with Crippen LogP contribution in [0.1, 0.15) is 66.8 Å². The average molecular weight is 465 g/mol. The molecule has 1 aliphatic rings. The van der Waals surface area contributed by atoms with Gasteiger partial charge in [0.05, 0.1) is 6.61 Å². The Hall–Kier alpha value is -3.02. The van der Waals surface area contributed by atoms with Gasteiger partial charge in [0, 0.05) is 44.1 Å². The second-order valence-corrected chi connectivity index (χ2v) is 9.97. The summed E-state index contributed by atoms with van der Waals surface area (Å²) in [4.78, 5) is 24.0. The van der Waals surface area contributed by atoms with Gasteiger partial charge in [-0.3, -0.25) is 4.79 Å². The summed E-state index contributed by atoms with van der Waals surface area (Å²) in [7, 11) is 1.73. The molecule has 2 aromatic rings. The topological polar surface area (TPSA) is 103 Å². The van der Waals surface area contributed by atoms with Gasteiger partial charge >= 0.3 is 0 Å². The van der Waals surface area contributed by atoms with Crippen molar-refractivity contribution in [3.63, 3.8) is 0 Å². The molecule has 2 N–H and O–H groups in total. The molecule has 0 saturated carbocycles. The zero-order valence-corrected chi connectivity index (χ0v) is 20.7. The number of nitriles is 1. The van der Waals surface area contributed by atoms with Crippen LogP contribution < -0.4 is 10.6 Å². The van der Waals surface area contributed by atoms with Crippen molar-refractivity contribution >= 4 is 11.7 Å². The fourth-order valence-corrected chi connectivity index (χ4v) is 4.11. The van der Waals surface area contributed by atoms with Gasteiger partial charge < -0.3 is 20.3 Å². The number of benzene rings is 1. The number of anilines is 1. The molecule has 1 aromatic heterocycles. The van der Waals surface area contributed by atoms with Crippen LogP contribution in [0.25, 0.3) is 0 Å². The van der Waals surface area contributed by atoms with Crippen LogP contribution in [0.15, 0.2) is 30.5 Å². The number of nitrogens with zero attached hydrogens (tertiary/aromatic N) is 4. The van der Waals surface area contributed by atoms with Crippen LogP contribution in [-0.4, -0.2) is 60.7 Å². The molecule has 0 radical (unpaired) electrons. The van der Waals surface area contributed by atoms with Crippen molar-refractivity contribution in [3.05, 3.63) is 53.0 Å². The van der Waals surface area contributed by atoms with Gasteiger partial charge in [0.25, 0.3) is 5.91 Å². The molecule has 8 nitrogen and oxygen atoms in total. The maximum Gasteiger partial charge on any atom is 0.251 e. The Bertz CT molecular complexity index is 1000. The van der Waals surface area contributed by atoms with Crippen molar-refractivity contribution < 1.29 is 9.53 Å². The fourth-order valence-electron chi connectivity index (χ4n) is 4.11. The zero-order chi connectivity index (χ0) is 24.6. The zero-order valence-electron chi connectivity index (χ0n) is 20.7. The van der Waals surface area contributed by atoms with E-state index in [1.54, 1.807) is 13.3 Å². The standard InChI is InChI=1S/C26H36N6O2/c1-26(2,3)18-30-24-20(16-28-23(15-27)31-24)17-29-25(33)22-8-6-5-7-21(22)19-9-11-32(12-10-19)13-14-34-4/h5-8,16,19H,9-14,17-18H2,1-4H3,(H,29,33)(H,28,30,31). The maximum atomic E-state index is 13.2. The Morgan fingerprint density at radius 2 is 2.00 bits per heavy atom. The predicted molar refractivity (Wildman–Crippen MR) is 133 cm³/mol. The summed E-state index contributed by atoms with van der Waals surface area (Å²) in [6.07, 6.45) is 3.66. The van der Waals surface area contributed by atoms with Crippen LogP contribution in [0.4, 0.5) is 5.82 Å². The minimum Gasteiger partial charge on any atom is -0.383 e. The van der Waals surface area contributed by atoms with Gasteiger partial charge in [-0.1, -0.05) is 39.0 Å². The van der Waals surface area contributed by atoms with E-state index in [0.717, 1.165) is 55.8 Å². The Kier molecular flexibility index (Phi) is 8.97. The summed E-state index contributed by atoms with van der Waals surface area (Å²) >= 11 is 0. The maximum absolute atomic E-state index is 13.2. The van der Waals surface area contributed by atoms with Crippen LogP contribution >= 0.6 is 0 Å². The molecule has 34 heavy (non-hydrogen) atoms. The van der Waals surface area contributed by atoms with Gasteiger partial charge in [-0.2, -0.15) is 5.26 Å². The van der Waals surface area contributed by atoms with Crippen LogP contribution in [0.5, 0.6) is 0 Å². The molecule has 0 unspecified atom stereocenters. The number of hydrogen-bond acceptors (Lipinski definition) is 7. The molecule has 0 bridgehead atoms. The van der Waals surface area contributed by atoms with Crippen LogP contribution in [0, 0.1) is 16.7 Å². The van der Waals surface area contributed by atoms with Crippen molar-refractivity contribution in [1.29, 1.82) is 5.26 Å². The molecule has 0 aliphatic carbocycles. The van der Waals surface area contributed by atoms with Crippen molar-refractivity contribution in [2.24, 2.45) is 5.41 Å². The molecular formula is C26H36N6O2. The van der Waals surface area contributed by atoms with Crippen LogP contribution in [0.2, 0.25) is 0 Å². The molecule has 1 saturated heterocycles. The lowest BCUT2D eigenvalue weighted by Gasteiger charge is -2.32. The minimum absolute atomic E-state index is 0.0380. The van der Waals surface area contributed by atoms with E-state index in [4.69, 9.17) is 4.74 Å². The lowest BCUT2D eigenvalue weighted by molar-refractivity contribution is 0.0948. The highest BCUT2D eigenvalue weighted by molar-refractivity contribution is 5.95. The normalized spacial score (nSPS) is 15.0. The summed E-state index contributed by atoms with van der Waals surface area (Å²) in [5.74, 6) is 0.943. The van der Waals surface area contributed by atoms with Gasteiger partial charge in [-0.25, -0.2) is 9.97 Å². The highest BCUT2D eigenvalue weighted by Gasteiger charge is 2.24. The third-order valence-electron chi connectivity index (χ3n) is 6.03. The first kappa shape index (κ1) is 25.6. The monoisotopic (exact) mass is 464 g/mol. The van der Waals surface area contributed by atoms with Crippen molar-refractivity contribution in [3.8, 4) is 6.07 Å². The van der Waals surface area contributed by atoms with E-state index in [9.17, 15) is 10.1 Å². The van der Waals surface area contributed by atoms with E-state index in [1.165, 1.54) is 0 Å². The first-order valence-electron chi connectivity index (χ1n) is 11.9. The number of nitrogens with one attached hydrogen (secondary N) is 2. The molecule has 8 heteroatoms. The molecule has 2 heterocycles. The molecule has 0 spiro atoms. The summed E-state index contributed by atoms with van der Waals surface area (Å²) < 4.78 is 5.20. The summed E-state index contributed by atoms with van der Waals surface area (Å²) in [5.41, 5.74) is 2.61. The van der Waals surface area contributed by atoms with Crippen LogP contribution in [0.3, 0.4) is 0 Å². The molecule has 0 atom stereocenters. The quantitative estimate of drug-likeness (QED) is 0.585. The fraction of sp³-hybridized carbons (Fsp3) is 0.538. The van der Waals surface area contributed by atoms with Crippen molar-refractivity contribution in [2.45, 2.75) is 46.1 Å². The Morgan fingerprint density at radius 1 is 1.26 bits per heavy atom. The van der Waals surface area contributed by atoms with E-state index in [2.05, 4.69) is 52.3 Å². The highest BCUT2D eigenvalue weighted by Crippen LogP contribution is 2.30. The summed E-state index contributed by atoms with van der Waals surface area (Å²) in [5, 5.41) is 15.5. The van der Waals surface area contributed by atoms with Crippen molar-refractivity contribution in [2.75, 3.05) is 45.2 Å². The van der Waals surface area contributed by atoms with E-state index < -0.39 is 0 Å². The number of piperidine rings is 1. The van der Waals surface area contributed by atoms with E-state index in [0.29, 0.717) is 18.3 Å². The number of likely N-dealkylation sites (tertiary alicyclic amines) is 1. The number of amides is 1. The van der Waals surface area contributed by atoms with Gasteiger partial charge in [0.2, 0.25) is 5.82 Å². The lowest BCUT2D eigenvalue weighted by Crippen LogP contribution is -2.35. The highest BCUT2D eigenvalue weighted by atomic mass is 16.5. The largest absolute Gasteiger partial charge is 0.383 e. The molecule has 182 valence electrons. The Balaban J connectivity index is 1.68. The number of methoxy groups -OCH3 is 1. The van der Waals surface area contributed by atoms with E-state index >= 15 is 0 Å². The van der Waals surface area contributed by atoms with E-state index in [-0.39, 0.29) is 23.7 Å². The lowest BCUT2D eigenvalue weighted by atomic mass is 9.86. The number of hydrogen-bond donors (Lipinski definition) is 2. The Labute approximate surface area is 202 Å². The number of rotatable bonds is 9. The number of ether oxygens (including phenoxy) is 1. The molecule has 1 fully saturated rings. The SMILES string of the molecule is COCCN1CCC(c2ccccc2C(=O)NCc2cnc(C#N)nc2NCC(C)(C)C)CC1. The van der Waals surface area contributed by atoms with Gasteiger partial charge in [0.15, 0.2) is 0 Å². The molecule has 1 aromatic carbocycles. The summed E-state index contributed by atoms with van der Waals surface area (Å²) in [6.45, 7) is 11.0. The van der Waals surface area contributed by atoms with E-state index in [1.807, 2.05) is 24.3 Å². The molecule has 3 rings (SSSR count). The second kappa shape index (κ2) is 11.9. The average Bonchev–Trinajstić information content (AvgIpc) is 2.84. The third-order valence-corrected chi connectivity index (χ3v) is 6.03. The van der Waals surface area contributed by atoms with Crippen molar-refractivity contribution in [1.82, 2.24) is 20.2 Å². The third kappa shape index (κ3) is 7.24. The Morgan fingerprint density at radius 3 is 2.68 bits per heavy atom. The minimum atomic E-state index is -0.108. The molecule has 1 aliphatic heterocycles. The second-order valence-electron chi connectivity index (χ2n) is 9.97. The number of carbonyl (C=O) groups is 1. The number of carbonyl (C=O) groups excluding carboxylic acids is 1. The summed E-state index contributed by atoms with van der Waals surface area (Å²) in [6, 6.07) is 9.87.